The zero-order chi connectivity index (χ0) is 13.7. The Morgan fingerprint density at radius 2 is 2.00 bits per heavy atom. The predicted molar refractivity (Wildman–Crippen MR) is 76.0 cm³/mol. The maximum atomic E-state index is 12.1. The number of aromatic nitrogens is 1. The van der Waals surface area contributed by atoms with Gasteiger partial charge in [-0.3, -0.25) is 4.79 Å². The number of nitrogens with two attached hydrogens (primary N) is 1. The minimum atomic E-state index is -0.120. The SMILES string of the molecule is NNc1ncc(C(=O)NC2CCCCCC2)cc1Cl. The standard InChI is InChI=1S/C13H19ClN4O/c14-11-7-9(8-16-12(11)18-15)13(19)17-10-5-3-1-2-4-6-10/h7-8,10H,1-6,15H2,(H,16,18)(H,17,19). The Morgan fingerprint density at radius 1 is 1.32 bits per heavy atom. The highest BCUT2D eigenvalue weighted by Gasteiger charge is 2.16. The van der Waals surface area contributed by atoms with Gasteiger partial charge in [-0.05, 0) is 18.9 Å². The molecule has 104 valence electrons. The average molecular weight is 283 g/mol. The molecule has 0 spiro atoms. The van der Waals surface area contributed by atoms with Gasteiger partial charge in [-0.1, -0.05) is 37.3 Å². The van der Waals surface area contributed by atoms with Crippen molar-refractivity contribution in [2.45, 2.75) is 44.6 Å². The Morgan fingerprint density at radius 3 is 2.58 bits per heavy atom. The molecular formula is C13H19ClN4O. The molecule has 0 radical (unpaired) electrons. The first-order valence-electron chi connectivity index (χ1n) is 6.63. The van der Waals surface area contributed by atoms with Gasteiger partial charge >= 0.3 is 0 Å². The number of hydrazine groups is 1. The minimum absolute atomic E-state index is 0.120. The Bertz CT molecular complexity index is 444. The summed E-state index contributed by atoms with van der Waals surface area (Å²) in [5, 5.41) is 3.39. The van der Waals surface area contributed by atoms with Crippen LogP contribution in [0.15, 0.2) is 12.3 Å². The highest BCUT2D eigenvalue weighted by molar-refractivity contribution is 6.33. The molecule has 2 rings (SSSR count). The van der Waals surface area contributed by atoms with E-state index in [-0.39, 0.29) is 11.9 Å². The summed E-state index contributed by atoms with van der Waals surface area (Å²) in [5.74, 6) is 5.49. The largest absolute Gasteiger partial charge is 0.349 e. The number of carbonyl (C=O) groups excluding carboxylic acids is 1. The molecule has 1 fully saturated rings. The topological polar surface area (TPSA) is 80.0 Å². The number of nitrogens with zero attached hydrogens (tertiary/aromatic N) is 1. The lowest BCUT2D eigenvalue weighted by Gasteiger charge is -2.16. The van der Waals surface area contributed by atoms with E-state index in [0.29, 0.717) is 16.4 Å². The van der Waals surface area contributed by atoms with E-state index in [2.05, 4.69) is 15.7 Å². The normalized spacial score (nSPS) is 16.7. The van der Waals surface area contributed by atoms with E-state index >= 15 is 0 Å². The smallest absolute Gasteiger partial charge is 0.253 e. The molecule has 1 aliphatic rings. The number of pyridine rings is 1. The van der Waals surface area contributed by atoms with Crippen LogP contribution in [0, 0.1) is 0 Å². The average Bonchev–Trinajstić information content (AvgIpc) is 2.67. The molecule has 1 aromatic rings. The molecule has 1 aromatic heterocycles. The van der Waals surface area contributed by atoms with Crippen LogP contribution >= 0.6 is 11.6 Å². The van der Waals surface area contributed by atoms with Gasteiger partial charge in [-0.15, -0.1) is 0 Å². The number of hydrogen-bond acceptors (Lipinski definition) is 4. The number of hydrogen-bond donors (Lipinski definition) is 3. The summed E-state index contributed by atoms with van der Waals surface area (Å²) in [6, 6.07) is 1.84. The number of halogens is 1. The number of nitrogen functional groups attached to an aromatic ring is 1. The third-order valence-corrected chi connectivity index (χ3v) is 3.72. The van der Waals surface area contributed by atoms with Crippen LogP contribution in [0.3, 0.4) is 0 Å². The minimum Gasteiger partial charge on any atom is -0.349 e. The van der Waals surface area contributed by atoms with E-state index < -0.39 is 0 Å². The van der Waals surface area contributed by atoms with Crippen molar-refractivity contribution in [2.24, 2.45) is 5.84 Å². The molecule has 1 heterocycles. The van der Waals surface area contributed by atoms with Gasteiger partial charge in [0.2, 0.25) is 0 Å². The third-order valence-electron chi connectivity index (χ3n) is 3.43. The molecular weight excluding hydrogens is 264 g/mol. The Labute approximate surface area is 117 Å². The number of amides is 1. The Balaban J connectivity index is 2.00. The van der Waals surface area contributed by atoms with Crippen molar-refractivity contribution in [3.63, 3.8) is 0 Å². The molecule has 19 heavy (non-hydrogen) atoms. The van der Waals surface area contributed by atoms with Gasteiger partial charge in [0.1, 0.15) is 0 Å². The molecule has 0 unspecified atom stereocenters. The second-order valence-electron chi connectivity index (χ2n) is 4.86. The molecule has 1 amide bonds. The predicted octanol–water partition coefficient (Wildman–Crippen LogP) is 2.47. The molecule has 0 atom stereocenters. The first-order chi connectivity index (χ1) is 9.20. The fraction of sp³-hybridized carbons (Fsp3) is 0.538. The lowest BCUT2D eigenvalue weighted by molar-refractivity contribution is 0.0933. The van der Waals surface area contributed by atoms with Crippen LogP contribution < -0.4 is 16.6 Å². The molecule has 4 N–H and O–H groups in total. The zero-order valence-electron chi connectivity index (χ0n) is 10.8. The summed E-state index contributed by atoms with van der Waals surface area (Å²) in [7, 11) is 0. The lowest BCUT2D eigenvalue weighted by atomic mass is 10.1. The summed E-state index contributed by atoms with van der Waals surface area (Å²) in [4.78, 5) is 16.1. The van der Waals surface area contributed by atoms with Crippen molar-refractivity contribution in [3.05, 3.63) is 22.8 Å². The van der Waals surface area contributed by atoms with Gasteiger partial charge in [-0.25, -0.2) is 10.8 Å². The maximum Gasteiger partial charge on any atom is 0.253 e. The van der Waals surface area contributed by atoms with E-state index in [1.54, 1.807) is 6.07 Å². The van der Waals surface area contributed by atoms with Crippen molar-refractivity contribution in [1.29, 1.82) is 0 Å². The molecule has 6 heteroatoms. The van der Waals surface area contributed by atoms with Gasteiger partial charge in [0.05, 0.1) is 10.6 Å². The summed E-state index contributed by atoms with van der Waals surface area (Å²) < 4.78 is 0. The second-order valence-corrected chi connectivity index (χ2v) is 5.27. The zero-order valence-corrected chi connectivity index (χ0v) is 11.5. The number of carbonyl (C=O) groups is 1. The van der Waals surface area contributed by atoms with E-state index in [1.165, 1.54) is 31.9 Å². The summed E-state index contributed by atoms with van der Waals surface area (Å²) >= 11 is 5.96. The van der Waals surface area contributed by atoms with E-state index in [0.717, 1.165) is 12.8 Å². The monoisotopic (exact) mass is 282 g/mol. The highest BCUT2D eigenvalue weighted by atomic mass is 35.5. The molecule has 1 saturated carbocycles. The maximum absolute atomic E-state index is 12.1. The van der Waals surface area contributed by atoms with E-state index in [4.69, 9.17) is 17.4 Å². The van der Waals surface area contributed by atoms with Crippen LogP contribution in [0.1, 0.15) is 48.9 Å². The molecule has 1 aliphatic carbocycles. The van der Waals surface area contributed by atoms with Gasteiger partial charge in [0.25, 0.3) is 5.91 Å². The molecule has 5 nitrogen and oxygen atoms in total. The van der Waals surface area contributed by atoms with Crippen LogP contribution in [0.4, 0.5) is 5.82 Å². The van der Waals surface area contributed by atoms with Gasteiger partial charge in [0, 0.05) is 12.2 Å². The van der Waals surface area contributed by atoms with Crippen molar-refractivity contribution in [1.82, 2.24) is 10.3 Å². The van der Waals surface area contributed by atoms with E-state index in [9.17, 15) is 4.79 Å². The van der Waals surface area contributed by atoms with Crippen molar-refractivity contribution < 1.29 is 4.79 Å². The van der Waals surface area contributed by atoms with Crippen LogP contribution in [-0.4, -0.2) is 16.9 Å². The quantitative estimate of drug-likeness (QED) is 0.452. The second kappa shape index (κ2) is 6.73. The summed E-state index contributed by atoms with van der Waals surface area (Å²) in [5.41, 5.74) is 2.84. The fourth-order valence-corrected chi connectivity index (χ4v) is 2.58. The first kappa shape index (κ1) is 14.1. The summed E-state index contributed by atoms with van der Waals surface area (Å²) in [6.45, 7) is 0. The number of anilines is 1. The third kappa shape index (κ3) is 3.81. The number of rotatable bonds is 3. The fourth-order valence-electron chi connectivity index (χ4n) is 2.36. The summed E-state index contributed by atoms with van der Waals surface area (Å²) in [6.07, 6.45) is 8.46. The lowest BCUT2D eigenvalue weighted by Crippen LogP contribution is -2.34. The molecule has 0 aromatic carbocycles. The van der Waals surface area contributed by atoms with E-state index in [1.807, 2.05) is 0 Å². The van der Waals surface area contributed by atoms with Crippen molar-refractivity contribution in [2.75, 3.05) is 5.43 Å². The van der Waals surface area contributed by atoms with Crippen LogP contribution in [0.25, 0.3) is 0 Å². The van der Waals surface area contributed by atoms with Crippen LogP contribution in [-0.2, 0) is 0 Å². The van der Waals surface area contributed by atoms with Crippen molar-refractivity contribution >= 4 is 23.3 Å². The van der Waals surface area contributed by atoms with Gasteiger partial charge in [-0.2, -0.15) is 0 Å². The molecule has 0 aliphatic heterocycles. The molecule has 0 bridgehead atoms. The first-order valence-corrected chi connectivity index (χ1v) is 7.01. The van der Waals surface area contributed by atoms with Gasteiger partial charge < -0.3 is 10.7 Å². The molecule has 0 saturated heterocycles. The Kier molecular flexibility index (Phi) is 4.99. The Hall–Kier alpha value is -1.33. The van der Waals surface area contributed by atoms with Gasteiger partial charge in [0.15, 0.2) is 5.82 Å². The number of nitrogens with one attached hydrogen (secondary N) is 2. The van der Waals surface area contributed by atoms with Crippen molar-refractivity contribution in [3.8, 4) is 0 Å². The highest BCUT2D eigenvalue weighted by Crippen LogP contribution is 2.20. The van der Waals surface area contributed by atoms with Crippen LogP contribution in [0.2, 0.25) is 5.02 Å². The van der Waals surface area contributed by atoms with Crippen LogP contribution in [0.5, 0.6) is 0 Å².